The second-order valence-corrected chi connectivity index (χ2v) is 7.55. The number of rotatable bonds is 4. The lowest BCUT2D eigenvalue weighted by Crippen LogP contribution is -2.36. The summed E-state index contributed by atoms with van der Waals surface area (Å²) >= 11 is 0. The second-order valence-electron chi connectivity index (χ2n) is 7.55. The first kappa shape index (κ1) is 15.1. The first-order valence-corrected chi connectivity index (χ1v) is 9.30. The highest BCUT2D eigenvalue weighted by Crippen LogP contribution is 2.32. The van der Waals surface area contributed by atoms with E-state index in [9.17, 15) is 4.39 Å². The van der Waals surface area contributed by atoms with E-state index in [0.29, 0.717) is 0 Å². The summed E-state index contributed by atoms with van der Waals surface area (Å²) in [4.78, 5) is 5.82. The van der Waals surface area contributed by atoms with Crippen LogP contribution in [0.3, 0.4) is 0 Å². The van der Waals surface area contributed by atoms with Crippen molar-refractivity contribution >= 4 is 10.9 Å². The van der Waals surface area contributed by atoms with Gasteiger partial charge in [-0.25, -0.2) is 4.39 Å². The zero-order chi connectivity index (χ0) is 16.8. The third-order valence-corrected chi connectivity index (χ3v) is 5.75. The number of aromatic nitrogens is 3. The quantitative estimate of drug-likeness (QED) is 0.779. The van der Waals surface area contributed by atoms with Gasteiger partial charge in [0.25, 0.3) is 0 Å². The van der Waals surface area contributed by atoms with Crippen LogP contribution in [0.4, 0.5) is 4.39 Å². The van der Waals surface area contributed by atoms with E-state index in [4.69, 9.17) is 0 Å². The van der Waals surface area contributed by atoms with Crippen LogP contribution in [0, 0.1) is 11.7 Å². The van der Waals surface area contributed by atoms with Gasteiger partial charge in [-0.15, -0.1) is 0 Å². The Labute approximate surface area is 146 Å². The minimum Gasteiger partial charge on any atom is -0.360 e. The Hall–Kier alpha value is -2.14. The van der Waals surface area contributed by atoms with E-state index in [2.05, 4.69) is 25.9 Å². The lowest BCUT2D eigenvalue weighted by atomic mass is 9.97. The molecule has 4 nitrogen and oxygen atoms in total. The number of H-pyrrole nitrogens is 1. The average Bonchev–Trinajstić information content (AvgIpc) is 3.23. The number of nitrogens with zero attached hydrogens (tertiary/aromatic N) is 3. The highest BCUT2D eigenvalue weighted by molar-refractivity contribution is 5.95. The van der Waals surface area contributed by atoms with Gasteiger partial charge in [0, 0.05) is 47.0 Å². The molecule has 2 aromatic heterocycles. The van der Waals surface area contributed by atoms with Crippen molar-refractivity contribution in [1.82, 2.24) is 19.7 Å². The van der Waals surface area contributed by atoms with E-state index in [-0.39, 0.29) is 5.82 Å². The number of piperidine rings is 1. The maximum absolute atomic E-state index is 13.4. The van der Waals surface area contributed by atoms with Crippen molar-refractivity contribution in [2.24, 2.45) is 5.92 Å². The molecule has 0 amide bonds. The molecule has 3 aromatic rings. The summed E-state index contributed by atoms with van der Waals surface area (Å²) in [6.07, 6.45) is 11.4. The molecule has 1 aliphatic heterocycles. The van der Waals surface area contributed by atoms with Crippen molar-refractivity contribution in [3.05, 3.63) is 42.6 Å². The Morgan fingerprint density at radius 2 is 2.00 bits per heavy atom. The largest absolute Gasteiger partial charge is 0.360 e. The fraction of sp³-hybridized carbons (Fsp3) is 0.450. The monoisotopic (exact) mass is 338 g/mol. The average molecular weight is 338 g/mol. The van der Waals surface area contributed by atoms with Crippen molar-refractivity contribution in [3.63, 3.8) is 0 Å². The lowest BCUT2D eigenvalue weighted by molar-refractivity contribution is 0.164. The van der Waals surface area contributed by atoms with Crippen LogP contribution in [-0.2, 0) is 6.54 Å². The molecule has 5 heteroatoms. The summed E-state index contributed by atoms with van der Waals surface area (Å²) in [5, 5.41) is 5.61. The van der Waals surface area contributed by atoms with Crippen LogP contribution in [0.2, 0.25) is 0 Å². The first-order valence-electron chi connectivity index (χ1n) is 9.30. The molecule has 1 aliphatic carbocycles. The predicted molar refractivity (Wildman–Crippen MR) is 96.8 cm³/mol. The Balaban J connectivity index is 1.30. The molecular weight excluding hydrogens is 315 g/mol. The molecule has 0 spiro atoms. The Bertz CT molecular complexity index is 884. The summed E-state index contributed by atoms with van der Waals surface area (Å²) in [7, 11) is 0. The molecule has 25 heavy (non-hydrogen) atoms. The fourth-order valence-corrected chi connectivity index (χ4v) is 4.14. The lowest BCUT2D eigenvalue weighted by Gasteiger charge is -2.31. The zero-order valence-electron chi connectivity index (χ0n) is 14.3. The minimum absolute atomic E-state index is 0.214. The Kier molecular flexibility index (Phi) is 3.63. The summed E-state index contributed by atoms with van der Waals surface area (Å²) in [5.41, 5.74) is 3.01. The number of fused-ring (bicyclic) bond motifs is 1. The zero-order valence-corrected chi connectivity index (χ0v) is 14.3. The predicted octanol–water partition coefficient (Wildman–Crippen LogP) is 4.04. The number of likely N-dealkylation sites (tertiary alicyclic amines) is 1. The van der Waals surface area contributed by atoms with E-state index in [1.165, 1.54) is 50.9 Å². The van der Waals surface area contributed by atoms with Gasteiger partial charge in [0.15, 0.2) is 0 Å². The van der Waals surface area contributed by atoms with Crippen molar-refractivity contribution in [3.8, 4) is 11.1 Å². The number of halogens is 1. The summed E-state index contributed by atoms with van der Waals surface area (Å²) in [5.74, 6) is 0.508. The van der Waals surface area contributed by atoms with Crippen molar-refractivity contribution in [1.29, 1.82) is 0 Å². The molecule has 1 N–H and O–H groups in total. The second kappa shape index (κ2) is 5.99. The van der Waals surface area contributed by atoms with Crippen LogP contribution in [0.25, 0.3) is 22.0 Å². The molecule has 5 rings (SSSR count). The molecule has 1 aromatic carbocycles. The smallest absolute Gasteiger partial charge is 0.125 e. The van der Waals surface area contributed by atoms with Crippen LogP contribution < -0.4 is 0 Å². The van der Waals surface area contributed by atoms with E-state index in [1.54, 1.807) is 0 Å². The van der Waals surface area contributed by atoms with Crippen molar-refractivity contribution in [2.45, 2.75) is 38.3 Å². The van der Waals surface area contributed by atoms with Gasteiger partial charge in [0.05, 0.1) is 6.20 Å². The SMILES string of the molecule is Fc1ccc2c(-c3cnn(CC4CCN(C5CC5)CC4)c3)c[nH]c2c1. The van der Waals surface area contributed by atoms with Crippen molar-refractivity contribution in [2.75, 3.05) is 13.1 Å². The Morgan fingerprint density at radius 1 is 1.16 bits per heavy atom. The molecule has 1 saturated heterocycles. The molecular formula is C20H23FN4. The van der Waals surface area contributed by atoms with Crippen LogP contribution in [0.1, 0.15) is 25.7 Å². The number of benzene rings is 1. The van der Waals surface area contributed by atoms with Crippen LogP contribution in [0.15, 0.2) is 36.8 Å². The highest BCUT2D eigenvalue weighted by atomic mass is 19.1. The Morgan fingerprint density at radius 3 is 2.80 bits per heavy atom. The molecule has 3 heterocycles. The molecule has 1 saturated carbocycles. The van der Waals surface area contributed by atoms with E-state index in [1.807, 2.05) is 18.5 Å². The van der Waals surface area contributed by atoms with Crippen LogP contribution in [0.5, 0.6) is 0 Å². The van der Waals surface area contributed by atoms with Gasteiger partial charge in [-0.2, -0.15) is 5.10 Å². The molecule has 0 bridgehead atoms. The summed E-state index contributed by atoms with van der Waals surface area (Å²) in [6, 6.07) is 5.78. The van der Waals surface area contributed by atoms with Gasteiger partial charge in [0.1, 0.15) is 5.82 Å². The summed E-state index contributed by atoms with van der Waals surface area (Å²) < 4.78 is 15.4. The number of hydrogen-bond acceptors (Lipinski definition) is 2. The van der Waals surface area contributed by atoms with Gasteiger partial charge in [0.2, 0.25) is 0 Å². The molecule has 0 radical (unpaired) electrons. The molecule has 2 aliphatic rings. The first-order chi connectivity index (χ1) is 12.3. The molecule has 0 unspecified atom stereocenters. The topological polar surface area (TPSA) is 36.9 Å². The maximum atomic E-state index is 13.4. The van der Waals surface area contributed by atoms with E-state index < -0.39 is 0 Å². The van der Waals surface area contributed by atoms with E-state index >= 15 is 0 Å². The molecule has 2 fully saturated rings. The van der Waals surface area contributed by atoms with Crippen molar-refractivity contribution < 1.29 is 4.39 Å². The van der Waals surface area contributed by atoms with Gasteiger partial charge in [-0.1, -0.05) is 0 Å². The highest BCUT2D eigenvalue weighted by Gasteiger charge is 2.31. The normalized spacial score (nSPS) is 19.7. The maximum Gasteiger partial charge on any atom is 0.125 e. The number of nitrogens with one attached hydrogen (secondary N) is 1. The number of aromatic amines is 1. The van der Waals surface area contributed by atoms with Gasteiger partial charge in [-0.05, 0) is 62.9 Å². The van der Waals surface area contributed by atoms with Gasteiger partial charge in [-0.3, -0.25) is 4.68 Å². The van der Waals surface area contributed by atoms with Crippen LogP contribution in [-0.4, -0.2) is 38.8 Å². The molecule has 130 valence electrons. The van der Waals surface area contributed by atoms with Gasteiger partial charge >= 0.3 is 0 Å². The molecule has 0 atom stereocenters. The third-order valence-electron chi connectivity index (χ3n) is 5.75. The van der Waals surface area contributed by atoms with Crippen LogP contribution >= 0.6 is 0 Å². The minimum atomic E-state index is -0.214. The van der Waals surface area contributed by atoms with E-state index in [0.717, 1.165) is 40.5 Å². The third kappa shape index (κ3) is 2.97. The van der Waals surface area contributed by atoms with Gasteiger partial charge < -0.3 is 9.88 Å². The number of hydrogen-bond donors (Lipinski definition) is 1. The standard InChI is InChI=1S/C20H23FN4/c21-16-1-4-18-19(11-22-20(18)9-16)15-10-23-25(13-15)12-14-5-7-24(8-6-14)17-2-3-17/h1,4,9-11,13-14,17,22H,2-3,5-8,12H2. The fourth-order valence-electron chi connectivity index (χ4n) is 4.14. The summed E-state index contributed by atoms with van der Waals surface area (Å²) in [6.45, 7) is 3.49.